The van der Waals surface area contributed by atoms with Crippen LogP contribution in [0.5, 0.6) is 0 Å². The van der Waals surface area contributed by atoms with Gasteiger partial charge in [0.15, 0.2) is 0 Å². The first-order chi connectivity index (χ1) is 0. The van der Waals surface area contributed by atoms with Crippen LogP contribution >= 0.6 is 0 Å². The first-order valence-electron chi connectivity index (χ1n) is 0. The van der Waals surface area contributed by atoms with Crippen LogP contribution in [0.1, 0.15) is 0 Å². The maximum atomic E-state index is 0. The van der Waals surface area contributed by atoms with Gasteiger partial charge < -0.3 is 61.2 Å². The summed E-state index contributed by atoms with van der Waals surface area (Å²) in [5.41, 5.74) is 0. The molecule has 0 bridgehead atoms. The molecule has 0 spiro atoms. The Morgan fingerprint density at radius 1 is 0.0769 bits per heavy atom. The molecule has 0 heterocycles. The van der Waals surface area contributed by atoms with Crippen molar-refractivity contribution in [2.75, 3.05) is 0 Å². The van der Waals surface area contributed by atoms with Crippen molar-refractivity contribution in [3.05, 3.63) is 0 Å². The van der Waals surface area contributed by atoms with Gasteiger partial charge in [0.2, 0.25) is 0 Å². The van der Waals surface area contributed by atoms with Crippen molar-refractivity contribution < 1.29 is 729 Å². The summed E-state index contributed by atoms with van der Waals surface area (Å²) in [5.74, 6) is 0. The number of rotatable bonds is 0. The zero-order chi connectivity index (χ0) is 0. The van der Waals surface area contributed by atoms with E-state index in [0.29, 0.717) is 0 Å². The predicted molar refractivity (Wildman–Crippen MR) is 0 cm³/mol. The Bertz CT molecular complexity index is 26.0. The summed E-state index contributed by atoms with van der Waals surface area (Å²) < 4.78 is 0. The van der Waals surface area contributed by atoms with Gasteiger partial charge in [-0.15, -0.1) is 0 Å². The minimum atomic E-state index is 0. The molecule has 0 amide bonds. The van der Waals surface area contributed by atoms with Gasteiger partial charge in [0.1, 0.15) is 0 Å². The standard InChI is InChI=1S/13FH.13K/h13*1H;;;;;;;;;;;;;/q;;;;;;;;;;;;;13*+1/p-13. The van der Waals surface area contributed by atoms with E-state index in [-0.39, 0.29) is 729 Å². The van der Waals surface area contributed by atoms with Gasteiger partial charge in [-0.1, -0.05) is 0 Å². The van der Waals surface area contributed by atoms with Crippen LogP contribution in [-0.2, 0) is 0 Å². The van der Waals surface area contributed by atoms with Gasteiger partial charge in [-0.3, -0.25) is 0 Å². The molecule has 0 unspecified atom stereocenters. The number of halogens is 13. The monoisotopic (exact) mass is 754 g/mol. The van der Waals surface area contributed by atoms with Gasteiger partial charge in [-0.2, -0.15) is 0 Å². The smallest absolute Gasteiger partial charge is 1.00 e. The van der Waals surface area contributed by atoms with Crippen molar-refractivity contribution in [1.82, 2.24) is 0 Å². The molecule has 0 aliphatic carbocycles. The molecule has 0 saturated heterocycles. The van der Waals surface area contributed by atoms with Crippen molar-refractivity contribution in [2.45, 2.75) is 0 Å². The van der Waals surface area contributed by atoms with Gasteiger partial charge in [-0.05, 0) is 0 Å². The van der Waals surface area contributed by atoms with E-state index in [0.717, 1.165) is 0 Å². The van der Waals surface area contributed by atoms with Gasteiger partial charge >= 0.3 is 668 Å². The summed E-state index contributed by atoms with van der Waals surface area (Å²) in [4.78, 5) is 0. The molecule has 26 heteroatoms. The second kappa shape index (κ2) is 215. The summed E-state index contributed by atoms with van der Waals surface area (Å²) in [6.45, 7) is 0. The van der Waals surface area contributed by atoms with Gasteiger partial charge in [0, 0.05) is 0 Å². The van der Waals surface area contributed by atoms with E-state index in [4.69, 9.17) is 0 Å². The largest absolute Gasteiger partial charge is 1.00 e. The van der Waals surface area contributed by atoms with E-state index in [1.807, 2.05) is 0 Å². The SMILES string of the molecule is [F-].[F-].[F-].[F-].[F-].[F-].[F-].[F-].[F-].[F-].[F-].[F-].[F-].[K+].[K+].[K+].[K+].[K+].[K+].[K+].[K+].[K+].[K+].[K+].[K+].[K+]. The van der Waals surface area contributed by atoms with E-state index in [1.54, 1.807) is 0 Å². The predicted octanol–water partition coefficient (Wildman–Crippen LogP) is -77.9. The van der Waals surface area contributed by atoms with Crippen molar-refractivity contribution >= 4 is 0 Å². The first-order valence-corrected chi connectivity index (χ1v) is 0. The van der Waals surface area contributed by atoms with Crippen molar-refractivity contribution in [3.63, 3.8) is 0 Å². The van der Waals surface area contributed by atoms with Gasteiger partial charge in [0.05, 0.1) is 0 Å². The quantitative estimate of drug-likeness (QED) is 0.171. The molecular formula is F13K13. The van der Waals surface area contributed by atoms with Crippen LogP contribution in [0.3, 0.4) is 0 Å². The normalized spacial score (nSPS) is 0. The molecule has 0 fully saturated rings. The fraction of sp³-hybridized carbons (Fsp3) is 0. The molecule has 0 rings (SSSR count). The molecule has 0 atom stereocenters. The minimum Gasteiger partial charge on any atom is -1.00 e. The zero-order valence-corrected chi connectivity index (χ0v) is 58.5. The fourth-order valence-corrected chi connectivity index (χ4v) is 0. The summed E-state index contributed by atoms with van der Waals surface area (Å²) in [5, 5.41) is 0. The van der Waals surface area contributed by atoms with E-state index in [1.165, 1.54) is 0 Å². The summed E-state index contributed by atoms with van der Waals surface area (Å²) in [7, 11) is 0. The molecule has 0 radical (unpaired) electrons. The van der Waals surface area contributed by atoms with E-state index in [2.05, 4.69) is 0 Å². The van der Waals surface area contributed by atoms with Gasteiger partial charge in [-0.25, -0.2) is 0 Å². The van der Waals surface area contributed by atoms with Crippen molar-refractivity contribution in [1.29, 1.82) is 0 Å². The number of hydrogen-bond donors (Lipinski definition) is 0. The van der Waals surface area contributed by atoms with E-state index >= 15 is 0 Å². The van der Waals surface area contributed by atoms with Crippen molar-refractivity contribution in [2.24, 2.45) is 0 Å². The van der Waals surface area contributed by atoms with Crippen LogP contribution in [0.4, 0.5) is 0 Å². The third-order valence-corrected chi connectivity index (χ3v) is 0. The Hall–Kier alpha value is 20.4. The molecule has 0 saturated carbocycles. The second-order valence-corrected chi connectivity index (χ2v) is 0. The Morgan fingerprint density at radius 2 is 0.0769 bits per heavy atom. The van der Waals surface area contributed by atoms with Crippen molar-refractivity contribution in [3.8, 4) is 0 Å². The molecule has 26 heavy (non-hydrogen) atoms. The fourth-order valence-electron chi connectivity index (χ4n) is 0. The topological polar surface area (TPSA) is 0 Å². The minimum absolute atomic E-state index is 0. The average Bonchev–Trinajstić information content (AvgIpc) is 0. The molecule has 0 aliphatic rings. The summed E-state index contributed by atoms with van der Waals surface area (Å²) >= 11 is 0. The summed E-state index contributed by atoms with van der Waals surface area (Å²) in [6.07, 6.45) is 0. The Morgan fingerprint density at radius 3 is 0.0769 bits per heavy atom. The molecule has 0 nitrogen and oxygen atoms in total. The van der Waals surface area contributed by atoms with Crippen LogP contribution in [-0.4, -0.2) is 0 Å². The summed E-state index contributed by atoms with van der Waals surface area (Å²) in [6, 6.07) is 0. The maximum Gasteiger partial charge on any atom is 1.00 e. The van der Waals surface area contributed by atoms with Crippen LogP contribution in [0.25, 0.3) is 0 Å². The zero-order valence-electron chi connectivity index (χ0n) is 17.9. The van der Waals surface area contributed by atoms with E-state index in [9.17, 15) is 0 Å². The third kappa shape index (κ3) is 201. The molecule has 0 aromatic carbocycles. The first kappa shape index (κ1) is 230. The van der Waals surface area contributed by atoms with Crippen LogP contribution in [0.2, 0.25) is 0 Å². The Labute approximate surface area is 699 Å². The Balaban J connectivity index is 0. The van der Waals surface area contributed by atoms with Crippen LogP contribution in [0, 0.1) is 0 Å². The molecule has 0 aromatic heterocycles. The third-order valence-electron chi connectivity index (χ3n) is 0. The Kier molecular flexibility index (Phi) is 1910. The number of hydrogen-bond acceptors (Lipinski definition) is 0. The molecule has 0 N–H and O–H groups in total. The van der Waals surface area contributed by atoms with Crippen LogP contribution < -0.4 is 729 Å². The molecule has 0 aromatic rings. The second-order valence-electron chi connectivity index (χ2n) is 0. The average molecular weight is 755 g/mol. The maximum absolute atomic E-state index is 0. The van der Waals surface area contributed by atoms with Crippen LogP contribution in [0.15, 0.2) is 0 Å². The van der Waals surface area contributed by atoms with Gasteiger partial charge in [0.25, 0.3) is 0 Å². The molecule has 0 aliphatic heterocycles. The van der Waals surface area contributed by atoms with E-state index < -0.39 is 0 Å². The molecule has 104 valence electrons. The molecular weight excluding hydrogens is 755 g/mol.